The Bertz CT molecular complexity index is 484. The zero-order chi connectivity index (χ0) is 13.2. The predicted molar refractivity (Wildman–Crippen MR) is 68.0 cm³/mol. The number of fused-ring (bicyclic) bond motifs is 1. The van der Waals surface area contributed by atoms with Gasteiger partial charge in [-0.2, -0.15) is 0 Å². The van der Waals surface area contributed by atoms with Crippen LogP contribution in [0.3, 0.4) is 0 Å². The van der Waals surface area contributed by atoms with E-state index in [0.29, 0.717) is 12.6 Å². The maximum atomic E-state index is 12.0. The van der Waals surface area contributed by atoms with Crippen LogP contribution >= 0.6 is 0 Å². The molecule has 19 heavy (non-hydrogen) atoms. The van der Waals surface area contributed by atoms with Crippen molar-refractivity contribution in [3.8, 4) is 11.5 Å². The molecule has 3 rings (SSSR count). The first-order valence-electron chi connectivity index (χ1n) is 6.45. The first kappa shape index (κ1) is 12.3. The van der Waals surface area contributed by atoms with Crippen molar-refractivity contribution in [2.24, 2.45) is 0 Å². The van der Waals surface area contributed by atoms with E-state index in [0.717, 1.165) is 29.9 Å². The van der Waals surface area contributed by atoms with Gasteiger partial charge in [0.25, 0.3) is 0 Å². The molecule has 0 saturated heterocycles. The maximum absolute atomic E-state index is 12.0. The molecule has 0 radical (unpaired) electrons. The van der Waals surface area contributed by atoms with E-state index in [9.17, 15) is 4.79 Å². The van der Waals surface area contributed by atoms with Crippen molar-refractivity contribution in [1.29, 1.82) is 0 Å². The van der Waals surface area contributed by atoms with Gasteiger partial charge < -0.3 is 19.1 Å². The van der Waals surface area contributed by atoms with Crippen molar-refractivity contribution in [3.05, 3.63) is 23.8 Å². The molecular formula is C14H17NO4. The fourth-order valence-corrected chi connectivity index (χ4v) is 2.25. The minimum Gasteiger partial charge on any atom is -0.454 e. The van der Waals surface area contributed by atoms with Crippen molar-refractivity contribution in [2.75, 3.05) is 20.5 Å². The van der Waals surface area contributed by atoms with Crippen LogP contribution in [0.2, 0.25) is 0 Å². The third-order valence-corrected chi connectivity index (χ3v) is 3.37. The van der Waals surface area contributed by atoms with Crippen LogP contribution < -0.4 is 9.47 Å². The summed E-state index contributed by atoms with van der Waals surface area (Å²) in [5, 5.41) is 0. The summed E-state index contributed by atoms with van der Waals surface area (Å²) in [6.45, 7) is 1.01. The zero-order valence-corrected chi connectivity index (χ0v) is 10.9. The molecule has 0 aromatic heterocycles. The minimum absolute atomic E-state index is 0.0441. The van der Waals surface area contributed by atoms with Crippen LogP contribution in [0.25, 0.3) is 0 Å². The second-order valence-corrected chi connectivity index (χ2v) is 4.87. The molecule has 2 aliphatic rings. The van der Waals surface area contributed by atoms with Gasteiger partial charge in [0.15, 0.2) is 11.5 Å². The lowest BCUT2D eigenvalue weighted by molar-refractivity contribution is -0.136. The van der Waals surface area contributed by atoms with E-state index in [4.69, 9.17) is 14.2 Å². The molecule has 1 saturated carbocycles. The molecule has 0 atom stereocenters. The number of rotatable bonds is 5. The van der Waals surface area contributed by atoms with Gasteiger partial charge in [0.05, 0.1) is 0 Å². The summed E-state index contributed by atoms with van der Waals surface area (Å²) in [7, 11) is 1.55. The topological polar surface area (TPSA) is 48.0 Å². The van der Waals surface area contributed by atoms with Gasteiger partial charge in [-0.1, -0.05) is 6.07 Å². The highest BCUT2D eigenvalue weighted by Gasteiger charge is 2.32. The van der Waals surface area contributed by atoms with Crippen LogP contribution in [0.1, 0.15) is 18.4 Å². The quantitative estimate of drug-likeness (QED) is 0.808. The van der Waals surface area contributed by atoms with Crippen molar-refractivity contribution in [2.45, 2.75) is 25.4 Å². The lowest BCUT2D eigenvalue weighted by atomic mass is 10.2. The Hall–Kier alpha value is -1.75. The first-order chi connectivity index (χ1) is 9.28. The summed E-state index contributed by atoms with van der Waals surface area (Å²) in [6, 6.07) is 6.18. The molecule has 1 aliphatic carbocycles. The van der Waals surface area contributed by atoms with Crippen LogP contribution in [0.4, 0.5) is 0 Å². The molecule has 0 unspecified atom stereocenters. The average Bonchev–Trinajstić information content (AvgIpc) is 3.13. The van der Waals surface area contributed by atoms with E-state index in [1.165, 1.54) is 0 Å². The van der Waals surface area contributed by atoms with Gasteiger partial charge in [0.1, 0.15) is 6.61 Å². The molecule has 1 aromatic rings. The standard InChI is InChI=1S/C14H17NO4/c1-17-8-14(16)15(11-3-4-11)7-10-2-5-12-13(6-10)19-9-18-12/h2,5-6,11H,3-4,7-9H2,1H3. The monoisotopic (exact) mass is 263 g/mol. The Balaban J connectivity index is 1.73. The second kappa shape index (κ2) is 5.09. The number of carbonyl (C=O) groups excluding carboxylic acids is 1. The Labute approximate surface area is 112 Å². The van der Waals surface area contributed by atoms with E-state index >= 15 is 0 Å². The predicted octanol–water partition coefficient (Wildman–Crippen LogP) is 1.55. The van der Waals surface area contributed by atoms with E-state index in [1.54, 1.807) is 7.11 Å². The first-order valence-corrected chi connectivity index (χ1v) is 6.45. The Morgan fingerprint density at radius 2 is 2.16 bits per heavy atom. The molecule has 1 aliphatic heterocycles. The highest BCUT2D eigenvalue weighted by Crippen LogP contribution is 2.34. The number of amides is 1. The third-order valence-electron chi connectivity index (χ3n) is 3.37. The van der Waals surface area contributed by atoms with E-state index in [1.807, 2.05) is 23.1 Å². The SMILES string of the molecule is COCC(=O)N(Cc1ccc2c(c1)OCO2)C1CC1. The number of hydrogen-bond acceptors (Lipinski definition) is 4. The smallest absolute Gasteiger partial charge is 0.249 e. The molecule has 102 valence electrons. The van der Waals surface area contributed by atoms with Crippen LogP contribution in [0.5, 0.6) is 11.5 Å². The molecule has 5 heteroatoms. The molecule has 1 heterocycles. The van der Waals surface area contributed by atoms with Crippen LogP contribution in [-0.2, 0) is 16.1 Å². The van der Waals surface area contributed by atoms with Gasteiger partial charge >= 0.3 is 0 Å². The number of methoxy groups -OCH3 is 1. The molecule has 5 nitrogen and oxygen atoms in total. The summed E-state index contributed by atoms with van der Waals surface area (Å²) in [5.41, 5.74) is 1.06. The van der Waals surface area contributed by atoms with Gasteiger partial charge in [-0.3, -0.25) is 4.79 Å². The molecular weight excluding hydrogens is 246 g/mol. The summed E-state index contributed by atoms with van der Waals surface area (Å²) in [5.74, 6) is 1.57. The van der Waals surface area contributed by atoms with Crippen molar-refractivity contribution >= 4 is 5.91 Å². The molecule has 0 N–H and O–H groups in total. The highest BCUT2D eigenvalue weighted by atomic mass is 16.7. The Morgan fingerprint density at radius 1 is 1.37 bits per heavy atom. The van der Waals surface area contributed by atoms with Gasteiger partial charge in [-0.25, -0.2) is 0 Å². The van der Waals surface area contributed by atoms with Crippen LogP contribution in [0, 0.1) is 0 Å². The van der Waals surface area contributed by atoms with Crippen LogP contribution in [-0.4, -0.2) is 37.4 Å². The Kier molecular flexibility index (Phi) is 3.29. The molecule has 0 spiro atoms. The summed E-state index contributed by atoms with van der Waals surface area (Å²) in [4.78, 5) is 13.9. The van der Waals surface area contributed by atoms with E-state index < -0.39 is 0 Å². The van der Waals surface area contributed by atoms with Gasteiger partial charge in [0.2, 0.25) is 12.7 Å². The minimum atomic E-state index is 0.0441. The Morgan fingerprint density at radius 3 is 2.89 bits per heavy atom. The highest BCUT2D eigenvalue weighted by molar-refractivity contribution is 5.78. The van der Waals surface area contributed by atoms with Crippen molar-refractivity contribution < 1.29 is 19.0 Å². The summed E-state index contributed by atoms with van der Waals surface area (Å²) in [6.07, 6.45) is 2.17. The number of nitrogens with zero attached hydrogens (tertiary/aromatic N) is 1. The van der Waals surface area contributed by atoms with Gasteiger partial charge in [-0.15, -0.1) is 0 Å². The third kappa shape index (κ3) is 2.66. The number of carbonyl (C=O) groups is 1. The molecule has 0 bridgehead atoms. The lowest BCUT2D eigenvalue weighted by Crippen LogP contribution is -2.35. The van der Waals surface area contributed by atoms with E-state index in [2.05, 4.69) is 0 Å². The normalized spacial score (nSPS) is 16.5. The fourth-order valence-electron chi connectivity index (χ4n) is 2.25. The van der Waals surface area contributed by atoms with Gasteiger partial charge in [-0.05, 0) is 30.5 Å². The fraction of sp³-hybridized carbons (Fsp3) is 0.500. The largest absolute Gasteiger partial charge is 0.454 e. The van der Waals surface area contributed by atoms with Crippen molar-refractivity contribution in [3.63, 3.8) is 0 Å². The summed E-state index contributed by atoms with van der Waals surface area (Å²) < 4.78 is 15.6. The average molecular weight is 263 g/mol. The molecule has 1 aromatic carbocycles. The van der Waals surface area contributed by atoms with Gasteiger partial charge in [0, 0.05) is 19.7 Å². The van der Waals surface area contributed by atoms with E-state index in [-0.39, 0.29) is 19.3 Å². The molecule has 1 fully saturated rings. The number of benzene rings is 1. The zero-order valence-electron chi connectivity index (χ0n) is 10.9. The maximum Gasteiger partial charge on any atom is 0.249 e. The summed E-state index contributed by atoms with van der Waals surface area (Å²) >= 11 is 0. The number of ether oxygens (including phenoxy) is 3. The van der Waals surface area contributed by atoms with Crippen LogP contribution in [0.15, 0.2) is 18.2 Å². The molecule has 1 amide bonds. The second-order valence-electron chi connectivity index (χ2n) is 4.87. The van der Waals surface area contributed by atoms with Crippen molar-refractivity contribution in [1.82, 2.24) is 4.90 Å². The number of hydrogen-bond donors (Lipinski definition) is 0. The lowest BCUT2D eigenvalue weighted by Gasteiger charge is -2.22.